The maximum Gasteiger partial charge on any atom is 0.267 e. The minimum atomic E-state index is -3.78. The first-order chi connectivity index (χ1) is 13.4. The molecule has 7 nitrogen and oxygen atoms in total. The Bertz CT molecular complexity index is 1320. The van der Waals surface area contributed by atoms with Gasteiger partial charge in [-0.3, -0.25) is 4.79 Å². The molecule has 0 unspecified atom stereocenters. The van der Waals surface area contributed by atoms with Gasteiger partial charge >= 0.3 is 0 Å². The average molecular weight is 392 g/mol. The number of rotatable bonds is 4. The van der Waals surface area contributed by atoms with Crippen molar-refractivity contribution < 1.29 is 8.42 Å². The van der Waals surface area contributed by atoms with Crippen molar-refractivity contribution in [1.29, 1.82) is 0 Å². The van der Waals surface area contributed by atoms with Gasteiger partial charge in [0.2, 0.25) is 16.0 Å². The number of nitrogens with zero attached hydrogens (tertiary/aromatic N) is 2. The SMILES string of the molecule is NS(=O)(=O)c1ccc(Nc2nc3ccccc3c(=O)n2-c2ccccc2)cc1. The monoisotopic (exact) mass is 392 g/mol. The Balaban J connectivity index is 1.87. The summed E-state index contributed by atoms with van der Waals surface area (Å²) < 4.78 is 24.3. The van der Waals surface area contributed by atoms with E-state index < -0.39 is 10.0 Å². The summed E-state index contributed by atoms with van der Waals surface area (Å²) in [5.41, 5.74) is 1.58. The Morgan fingerprint density at radius 2 is 1.50 bits per heavy atom. The fourth-order valence-electron chi connectivity index (χ4n) is 2.89. The Hall–Kier alpha value is -3.49. The van der Waals surface area contributed by atoms with Crippen LogP contribution in [0.3, 0.4) is 0 Å². The van der Waals surface area contributed by atoms with E-state index in [0.717, 1.165) is 0 Å². The molecule has 0 radical (unpaired) electrons. The fourth-order valence-corrected chi connectivity index (χ4v) is 3.41. The van der Waals surface area contributed by atoms with Crippen LogP contribution in [0.4, 0.5) is 11.6 Å². The van der Waals surface area contributed by atoms with E-state index >= 15 is 0 Å². The zero-order valence-electron chi connectivity index (χ0n) is 14.6. The Labute approximate surface area is 161 Å². The summed E-state index contributed by atoms with van der Waals surface area (Å²) in [6.07, 6.45) is 0. The molecule has 1 heterocycles. The van der Waals surface area contributed by atoms with Crippen molar-refractivity contribution >= 4 is 32.6 Å². The van der Waals surface area contributed by atoms with Crippen LogP contribution in [-0.4, -0.2) is 18.0 Å². The van der Waals surface area contributed by atoms with Crippen LogP contribution in [-0.2, 0) is 10.0 Å². The van der Waals surface area contributed by atoms with E-state index in [-0.39, 0.29) is 10.5 Å². The second kappa shape index (κ2) is 6.91. The lowest BCUT2D eigenvalue weighted by molar-refractivity contribution is 0.598. The second-order valence-corrected chi connectivity index (χ2v) is 7.68. The minimum Gasteiger partial charge on any atom is -0.325 e. The van der Waals surface area contributed by atoms with Crippen LogP contribution in [0.5, 0.6) is 0 Å². The van der Waals surface area contributed by atoms with Gasteiger partial charge in [-0.15, -0.1) is 0 Å². The largest absolute Gasteiger partial charge is 0.325 e. The van der Waals surface area contributed by atoms with Gasteiger partial charge in [0.05, 0.1) is 21.5 Å². The summed E-state index contributed by atoms with van der Waals surface area (Å²) in [5, 5.41) is 8.74. The molecule has 3 aromatic carbocycles. The van der Waals surface area contributed by atoms with Crippen molar-refractivity contribution in [2.24, 2.45) is 5.14 Å². The summed E-state index contributed by atoms with van der Waals surface area (Å²) in [4.78, 5) is 17.7. The predicted molar refractivity (Wildman–Crippen MR) is 108 cm³/mol. The van der Waals surface area contributed by atoms with Crippen molar-refractivity contribution in [3.8, 4) is 5.69 Å². The molecule has 0 aliphatic carbocycles. The number of benzene rings is 3. The zero-order valence-corrected chi connectivity index (χ0v) is 15.4. The third-order valence-electron chi connectivity index (χ3n) is 4.23. The number of fused-ring (bicyclic) bond motifs is 1. The summed E-state index contributed by atoms with van der Waals surface area (Å²) in [6.45, 7) is 0. The topological polar surface area (TPSA) is 107 Å². The van der Waals surface area contributed by atoms with Crippen LogP contribution in [0, 0.1) is 0 Å². The summed E-state index contributed by atoms with van der Waals surface area (Å²) in [7, 11) is -3.78. The molecule has 1 aromatic heterocycles. The van der Waals surface area contributed by atoms with Gasteiger partial charge in [-0.2, -0.15) is 0 Å². The number of sulfonamides is 1. The number of aromatic nitrogens is 2. The Morgan fingerprint density at radius 1 is 0.857 bits per heavy atom. The summed E-state index contributed by atoms with van der Waals surface area (Å²) in [6, 6.07) is 22.2. The molecule has 0 fully saturated rings. The van der Waals surface area contributed by atoms with Gasteiger partial charge in [-0.25, -0.2) is 23.1 Å². The van der Waals surface area contributed by atoms with Crippen LogP contribution < -0.4 is 16.0 Å². The van der Waals surface area contributed by atoms with Crippen molar-refractivity contribution in [3.63, 3.8) is 0 Å². The van der Waals surface area contributed by atoms with E-state index in [1.807, 2.05) is 36.4 Å². The molecule has 0 aliphatic heterocycles. The number of primary sulfonamides is 1. The Morgan fingerprint density at radius 3 is 2.18 bits per heavy atom. The molecule has 0 spiro atoms. The van der Waals surface area contributed by atoms with Gasteiger partial charge in [0.1, 0.15) is 0 Å². The Kier molecular flexibility index (Phi) is 4.42. The molecular formula is C20H16N4O3S. The molecule has 28 heavy (non-hydrogen) atoms. The molecule has 4 aromatic rings. The van der Waals surface area contributed by atoms with E-state index in [2.05, 4.69) is 10.3 Å². The van der Waals surface area contributed by atoms with Crippen LogP contribution >= 0.6 is 0 Å². The highest BCUT2D eigenvalue weighted by Crippen LogP contribution is 2.21. The summed E-state index contributed by atoms with van der Waals surface area (Å²) in [5.74, 6) is 0.318. The van der Waals surface area contributed by atoms with Crippen LogP contribution in [0.1, 0.15) is 0 Å². The predicted octanol–water partition coefficient (Wildman–Crippen LogP) is 2.78. The van der Waals surface area contributed by atoms with Crippen molar-refractivity contribution in [2.75, 3.05) is 5.32 Å². The zero-order chi connectivity index (χ0) is 19.7. The highest BCUT2D eigenvalue weighted by Gasteiger charge is 2.13. The lowest BCUT2D eigenvalue weighted by Crippen LogP contribution is -2.22. The van der Waals surface area contributed by atoms with Crippen molar-refractivity contribution in [3.05, 3.63) is 89.2 Å². The highest BCUT2D eigenvalue weighted by molar-refractivity contribution is 7.89. The van der Waals surface area contributed by atoms with Gasteiger partial charge in [-0.05, 0) is 48.5 Å². The smallest absolute Gasteiger partial charge is 0.267 e. The fraction of sp³-hybridized carbons (Fsp3) is 0. The number of hydrogen-bond acceptors (Lipinski definition) is 5. The van der Waals surface area contributed by atoms with Gasteiger partial charge in [0, 0.05) is 5.69 Å². The maximum atomic E-state index is 13.1. The molecule has 0 saturated carbocycles. The lowest BCUT2D eigenvalue weighted by Gasteiger charge is -2.15. The third kappa shape index (κ3) is 3.38. The molecule has 140 valence electrons. The molecular weight excluding hydrogens is 376 g/mol. The maximum absolute atomic E-state index is 13.1. The first-order valence-electron chi connectivity index (χ1n) is 8.40. The molecule has 3 N–H and O–H groups in total. The van der Waals surface area contributed by atoms with Gasteiger partial charge < -0.3 is 5.32 Å². The molecule has 0 saturated heterocycles. The number of anilines is 2. The first kappa shape index (κ1) is 17.9. The lowest BCUT2D eigenvalue weighted by atomic mass is 10.2. The molecule has 8 heteroatoms. The molecule has 0 atom stereocenters. The van der Waals surface area contributed by atoms with E-state index in [4.69, 9.17) is 5.14 Å². The molecule has 0 amide bonds. The third-order valence-corrected chi connectivity index (χ3v) is 5.16. The molecule has 0 aliphatic rings. The van der Waals surface area contributed by atoms with Crippen molar-refractivity contribution in [2.45, 2.75) is 4.90 Å². The normalized spacial score (nSPS) is 11.5. The first-order valence-corrected chi connectivity index (χ1v) is 9.95. The van der Waals surface area contributed by atoms with Crippen LogP contribution in [0.15, 0.2) is 88.6 Å². The van der Waals surface area contributed by atoms with Gasteiger partial charge in [0.15, 0.2) is 0 Å². The molecule has 0 bridgehead atoms. The van der Waals surface area contributed by atoms with E-state index in [1.54, 1.807) is 30.3 Å². The van der Waals surface area contributed by atoms with Gasteiger partial charge in [0.25, 0.3) is 5.56 Å². The van der Waals surface area contributed by atoms with Crippen LogP contribution in [0.25, 0.3) is 16.6 Å². The summed E-state index contributed by atoms with van der Waals surface area (Å²) >= 11 is 0. The minimum absolute atomic E-state index is 0.00460. The second-order valence-electron chi connectivity index (χ2n) is 6.12. The number of hydrogen-bond donors (Lipinski definition) is 2. The number of nitrogens with one attached hydrogen (secondary N) is 1. The quantitative estimate of drug-likeness (QED) is 0.555. The average Bonchev–Trinajstić information content (AvgIpc) is 2.69. The number of nitrogens with two attached hydrogens (primary N) is 1. The number of para-hydroxylation sites is 2. The van der Waals surface area contributed by atoms with Crippen LogP contribution in [0.2, 0.25) is 0 Å². The van der Waals surface area contributed by atoms with E-state index in [0.29, 0.717) is 28.2 Å². The van der Waals surface area contributed by atoms with Gasteiger partial charge in [-0.1, -0.05) is 30.3 Å². The molecule has 4 rings (SSSR count). The standard InChI is InChI=1S/C20H16N4O3S/c21-28(26,27)16-12-10-14(11-13-16)22-20-23-18-9-5-4-8-17(18)19(25)24(20)15-6-2-1-3-7-15/h1-13H,(H,22,23)(H2,21,26,27). The van der Waals surface area contributed by atoms with E-state index in [9.17, 15) is 13.2 Å². The van der Waals surface area contributed by atoms with Crippen molar-refractivity contribution in [1.82, 2.24) is 9.55 Å². The highest BCUT2D eigenvalue weighted by atomic mass is 32.2. The van der Waals surface area contributed by atoms with E-state index in [1.165, 1.54) is 16.7 Å².